The van der Waals surface area contributed by atoms with Gasteiger partial charge in [-0.3, -0.25) is 0 Å². The molecule has 0 N–H and O–H groups in total. The van der Waals surface area contributed by atoms with Gasteiger partial charge in [-0.05, 0) is 162 Å². The van der Waals surface area contributed by atoms with Crippen LogP contribution < -0.4 is 0 Å². The SMILES string of the molecule is CC(C)(C)c1ccc2c(c1)C(C)(C)c1cc(C(C)(C)C)cc(-c3ccc4c(c3)C(C)(C)c3cc(-c5cccc(-c6cc7c8ccccc8ccc7c7ccccc67)c5)ccc3-4)c1-2. The standard InChI is InChI=1S/C62H56/c1-59(2,3)42-25-29-50-56(34-42)62(9,10)57-35-43(60(4,5)6)33-52(58(50)57)41-24-28-49-48-27-23-39(31-54(48)61(7,8)55(49)32-41)38-17-15-18-40(30-38)51-36-53-44-19-12-11-16-37(44)22-26-47(53)45-20-13-14-21-46(45)51/h11-36H,1-10H3. The molecular weight excluding hydrogens is 745 g/mol. The van der Waals surface area contributed by atoms with Crippen molar-refractivity contribution >= 4 is 32.3 Å². The van der Waals surface area contributed by atoms with Crippen LogP contribution in [0.15, 0.2) is 158 Å². The summed E-state index contributed by atoms with van der Waals surface area (Å²) >= 11 is 0. The molecule has 0 radical (unpaired) electrons. The molecule has 2 aliphatic rings. The van der Waals surface area contributed by atoms with Gasteiger partial charge < -0.3 is 0 Å². The quantitative estimate of drug-likeness (QED) is 0.156. The molecule has 11 rings (SSSR count). The number of benzene rings is 9. The van der Waals surface area contributed by atoms with E-state index in [1.54, 1.807) is 0 Å². The van der Waals surface area contributed by atoms with Gasteiger partial charge in [0.1, 0.15) is 0 Å². The fourth-order valence-electron chi connectivity index (χ4n) is 11.0. The summed E-state index contributed by atoms with van der Waals surface area (Å²) in [6.07, 6.45) is 0. The number of rotatable bonds is 3. The second-order valence-electron chi connectivity index (χ2n) is 21.4. The zero-order valence-corrected chi connectivity index (χ0v) is 38.0. The van der Waals surface area contributed by atoms with Crippen LogP contribution in [0.1, 0.15) is 103 Å². The van der Waals surface area contributed by atoms with Crippen molar-refractivity contribution in [1.82, 2.24) is 0 Å². The van der Waals surface area contributed by atoms with Gasteiger partial charge in [0.25, 0.3) is 0 Å². The molecule has 0 aromatic heterocycles. The maximum absolute atomic E-state index is 2.53. The summed E-state index contributed by atoms with van der Waals surface area (Å²) in [4.78, 5) is 0. The molecule has 0 spiro atoms. The third-order valence-electron chi connectivity index (χ3n) is 14.8. The summed E-state index contributed by atoms with van der Waals surface area (Å²) in [5.41, 5.74) is 21.5. The Morgan fingerprint density at radius 3 is 1.56 bits per heavy atom. The van der Waals surface area contributed by atoms with Crippen LogP contribution in [0, 0.1) is 0 Å². The molecule has 0 nitrogen and oxygen atoms in total. The van der Waals surface area contributed by atoms with Crippen molar-refractivity contribution in [2.75, 3.05) is 0 Å². The van der Waals surface area contributed by atoms with Crippen molar-refractivity contribution in [3.63, 3.8) is 0 Å². The molecule has 0 heterocycles. The molecule has 0 fully saturated rings. The molecule has 0 heteroatoms. The largest absolute Gasteiger partial charge is 0.0616 e. The second-order valence-corrected chi connectivity index (χ2v) is 21.4. The Kier molecular flexibility index (Phi) is 8.19. The lowest BCUT2D eigenvalue weighted by Crippen LogP contribution is -2.19. The van der Waals surface area contributed by atoms with Gasteiger partial charge in [0.15, 0.2) is 0 Å². The van der Waals surface area contributed by atoms with E-state index in [9.17, 15) is 0 Å². The van der Waals surface area contributed by atoms with Crippen LogP contribution in [0.3, 0.4) is 0 Å². The van der Waals surface area contributed by atoms with Gasteiger partial charge in [-0.2, -0.15) is 0 Å². The third kappa shape index (κ3) is 5.72. The average Bonchev–Trinajstić information content (AvgIpc) is 3.63. The highest BCUT2D eigenvalue weighted by Gasteiger charge is 2.40. The van der Waals surface area contributed by atoms with Gasteiger partial charge in [0.05, 0.1) is 0 Å². The van der Waals surface area contributed by atoms with Gasteiger partial charge in [-0.15, -0.1) is 0 Å². The Morgan fingerprint density at radius 2 is 0.839 bits per heavy atom. The fraction of sp³-hybridized carbons (Fsp3) is 0.226. The van der Waals surface area contributed by atoms with E-state index in [2.05, 4.69) is 227 Å². The molecule has 62 heavy (non-hydrogen) atoms. The molecule has 9 aromatic rings. The molecule has 0 atom stereocenters. The van der Waals surface area contributed by atoms with Crippen LogP contribution >= 0.6 is 0 Å². The first kappa shape index (κ1) is 38.7. The molecular formula is C62H56. The van der Waals surface area contributed by atoms with E-state index < -0.39 is 0 Å². The maximum atomic E-state index is 2.53. The summed E-state index contributed by atoms with van der Waals surface area (Å²) in [5.74, 6) is 0. The maximum Gasteiger partial charge on any atom is 0.0159 e. The highest BCUT2D eigenvalue weighted by molar-refractivity contribution is 6.21. The highest BCUT2D eigenvalue weighted by Crippen LogP contribution is 2.56. The van der Waals surface area contributed by atoms with Crippen molar-refractivity contribution in [1.29, 1.82) is 0 Å². The van der Waals surface area contributed by atoms with Crippen molar-refractivity contribution in [3.05, 3.63) is 191 Å². The number of fused-ring (bicyclic) bond motifs is 11. The van der Waals surface area contributed by atoms with E-state index in [0.717, 1.165) is 0 Å². The topological polar surface area (TPSA) is 0 Å². The van der Waals surface area contributed by atoms with Crippen LogP contribution in [0.4, 0.5) is 0 Å². The first-order valence-corrected chi connectivity index (χ1v) is 22.6. The van der Waals surface area contributed by atoms with E-state index >= 15 is 0 Å². The summed E-state index contributed by atoms with van der Waals surface area (Å²) < 4.78 is 0. The molecule has 0 saturated heterocycles. The van der Waals surface area contributed by atoms with Crippen LogP contribution in [0.2, 0.25) is 0 Å². The normalized spacial score (nSPS) is 14.9. The fourth-order valence-corrected chi connectivity index (χ4v) is 11.0. The Balaban J connectivity index is 1.02. The van der Waals surface area contributed by atoms with Crippen molar-refractivity contribution in [2.45, 2.75) is 90.9 Å². The number of hydrogen-bond acceptors (Lipinski definition) is 0. The summed E-state index contributed by atoms with van der Waals surface area (Å²) in [6, 6.07) is 60.7. The highest BCUT2D eigenvalue weighted by atomic mass is 14.4. The van der Waals surface area contributed by atoms with E-state index in [1.807, 2.05) is 0 Å². The Bertz CT molecular complexity index is 3350. The van der Waals surface area contributed by atoms with Crippen LogP contribution in [0.25, 0.3) is 88.0 Å². The Hall–Kier alpha value is -6.24. The first-order valence-electron chi connectivity index (χ1n) is 22.6. The zero-order valence-electron chi connectivity index (χ0n) is 38.0. The van der Waals surface area contributed by atoms with Gasteiger partial charge in [-0.25, -0.2) is 0 Å². The lowest BCUT2D eigenvalue weighted by atomic mass is 9.76. The summed E-state index contributed by atoms with van der Waals surface area (Å²) in [6.45, 7) is 23.8. The minimum atomic E-state index is -0.173. The summed E-state index contributed by atoms with van der Waals surface area (Å²) in [5, 5.41) is 7.76. The average molecular weight is 801 g/mol. The predicted octanol–water partition coefficient (Wildman–Crippen LogP) is 17.4. The van der Waals surface area contributed by atoms with E-state index in [4.69, 9.17) is 0 Å². The third-order valence-corrected chi connectivity index (χ3v) is 14.8. The Labute approximate surface area is 368 Å². The van der Waals surface area contributed by atoms with Gasteiger partial charge >= 0.3 is 0 Å². The van der Waals surface area contributed by atoms with Crippen molar-refractivity contribution in [3.8, 4) is 55.6 Å². The monoisotopic (exact) mass is 800 g/mol. The van der Waals surface area contributed by atoms with Crippen LogP contribution in [0.5, 0.6) is 0 Å². The van der Waals surface area contributed by atoms with Crippen LogP contribution in [-0.2, 0) is 21.7 Å². The van der Waals surface area contributed by atoms with Crippen LogP contribution in [-0.4, -0.2) is 0 Å². The minimum Gasteiger partial charge on any atom is -0.0616 e. The van der Waals surface area contributed by atoms with E-state index in [1.165, 1.54) is 121 Å². The smallest absolute Gasteiger partial charge is 0.0159 e. The predicted molar refractivity (Wildman–Crippen MR) is 268 cm³/mol. The minimum absolute atomic E-state index is 0.0148. The lowest BCUT2D eigenvalue weighted by Gasteiger charge is -2.28. The first-order chi connectivity index (χ1) is 29.5. The molecule has 0 bridgehead atoms. The lowest BCUT2D eigenvalue weighted by molar-refractivity contribution is 0.580. The second kappa shape index (κ2) is 13.1. The number of hydrogen-bond donors (Lipinski definition) is 0. The Morgan fingerprint density at radius 1 is 0.306 bits per heavy atom. The van der Waals surface area contributed by atoms with Gasteiger partial charge in [0, 0.05) is 10.8 Å². The molecule has 304 valence electrons. The molecule has 0 unspecified atom stereocenters. The van der Waals surface area contributed by atoms with Crippen molar-refractivity contribution in [2.24, 2.45) is 0 Å². The molecule has 2 aliphatic carbocycles. The zero-order chi connectivity index (χ0) is 43.1. The van der Waals surface area contributed by atoms with Gasteiger partial charge in [0.2, 0.25) is 0 Å². The van der Waals surface area contributed by atoms with Crippen molar-refractivity contribution < 1.29 is 0 Å². The van der Waals surface area contributed by atoms with E-state index in [-0.39, 0.29) is 21.7 Å². The summed E-state index contributed by atoms with van der Waals surface area (Å²) in [7, 11) is 0. The molecule has 0 saturated carbocycles. The molecule has 0 aliphatic heterocycles. The molecule has 0 amide bonds. The van der Waals surface area contributed by atoms with Gasteiger partial charge in [-0.1, -0.05) is 197 Å². The van der Waals surface area contributed by atoms with E-state index in [0.29, 0.717) is 0 Å². The molecule has 9 aromatic carbocycles.